The number of hydrogen-bond acceptors (Lipinski definition) is 3. The van der Waals surface area contributed by atoms with Gasteiger partial charge in [0, 0.05) is 25.7 Å². The SMILES string of the molecule is O=c1cc(CN2CCCNCC2)[nH][nH]1. The average molecular weight is 196 g/mol. The lowest BCUT2D eigenvalue weighted by molar-refractivity contribution is 0.281. The summed E-state index contributed by atoms with van der Waals surface area (Å²) in [5.41, 5.74) is 0.921. The van der Waals surface area contributed by atoms with Gasteiger partial charge < -0.3 is 10.4 Å². The lowest BCUT2D eigenvalue weighted by Crippen LogP contribution is -2.27. The topological polar surface area (TPSA) is 63.9 Å². The number of rotatable bonds is 2. The predicted molar refractivity (Wildman–Crippen MR) is 54.2 cm³/mol. The molecule has 0 unspecified atom stereocenters. The number of aromatic amines is 2. The van der Waals surface area contributed by atoms with Crippen molar-refractivity contribution in [1.82, 2.24) is 20.4 Å². The number of hydrogen-bond donors (Lipinski definition) is 3. The highest BCUT2D eigenvalue weighted by molar-refractivity contribution is 4.97. The van der Waals surface area contributed by atoms with Gasteiger partial charge >= 0.3 is 0 Å². The van der Waals surface area contributed by atoms with Gasteiger partial charge in [-0.05, 0) is 19.5 Å². The van der Waals surface area contributed by atoms with E-state index in [2.05, 4.69) is 20.4 Å². The van der Waals surface area contributed by atoms with E-state index in [0.717, 1.165) is 38.4 Å². The molecule has 14 heavy (non-hydrogen) atoms. The van der Waals surface area contributed by atoms with Gasteiger partial charge in [-0.1, -0.05) is 0 Å². The molecule has 1 saturated heterocycles. The van der Waals surface area contributed by atoms with E-state index in [-0.39, 0.29) is 5.56 Å². The maximum atomic E-state index is 10.9. The van der Waals surface area contributed by atoms with Crippen molar-refractivity contribution in [2.24, 2.45) is 0 Å². The van der Waals surface area contributed by atoms with Crippen molar-refractivity contribution in [3.63, 3.8) is 0 Å². The van der Waals surface area contributed by atoms with Gasteiger partial charge in [0.2, 0.25) is 0 Å². The van der Waals surface area contributed by atoms with Crippen LogP contribution in [-0.2, 0) is 6.54 Å². The van der Waals surface area contributed by atoms with Crippen LogP contribution in [0.2, 0.25) is 0 Å². The van der Waals surface area contributed by atoms with Gasteiger partial charge in [0.25, 0.3) is 5.56 Å². The summed E-state index contributed by atoms with van der Waals surface area (Å²) in [5.74, 6) is 0. The first-order valence-corrected chi connectivity index (χ1v) is 5.04. The third-order valence-corrected chi connectivity index (χ3v) is 2.48. The molecule has 0 spiro atoms. The molecule has 1 aliphatic rings. The van der Waals surface area contributed by atoms with Crippen LogP contribution in [0.1, 0.15) is 12.1 Å². The van der Waals surface area contributed by atoms with E-state index in [1.54, 1.807) is 6.07 Å². The van der Waals surface area contributed by atoms with Crippen molar-refractivity contribution in [3.8, 4) is 0 Å². The monoisotopic (exact) mass is 196 g/mol. The Balaban J connectivity index is 1.92. The number of nitrogens with zero attached hydrogens (tertiary/aromatic N) is 1. The van der Waals surface area contributed by atoms with Gasteiger partial charge in [0.1, 0.15) is 0 Å². The second-order valence-corrected chi connectivity index (χ2v) is 3.66. The molecule has 1 fully saturated rings. The maximum Gasteiger partial charge on any atom is 0.264 e. The van der Waals surface area contributed by atoms with E-state index in [4.69, 9.17) is 0 Å². The molecule has 0 radical (unpaired) electrons. The highest BCUT2D eigenvalue weighted by Gasteiger charge is 2.09. The molecule has 5 heteroatoms. The Morgan fingerprint density at radius 2 is 2.21 bits per heavy atom. The van der Waals surface area contributed by atoms with Gasteiger partial charge in [-0.3, -0.25) is 14.8 Å². The maximum absolute atomic E-state index is 10.9. The Kier molecular flexibility index (Phi) is 3.00. The zero-order chi connectivity index (χ0) is 9.80. The summed E-state index contributed by atoms with van der Waals surface area (Å²) in [4.78, 5) is 13.2. The Bertz CT molecular complexity index is 322. The van der Waals surface area contributed by atoms with Crippen LogP contribution < -0.4 is 10.9 Å². The molecular weight excluding hydrogens is 180 g/mol. The van der Waals surface area contributed by atoms with Gasteiger partial charge in [-0.2, -0.15) is 0 Å². The summed E-state index contributed by atoms with van der Waals surface area (Å²) in [6, 6.07) is 1.62. The van der Waals surface area contributed by atoms with Crippen LogP contribution in [-0.4, -0.2) is 41.3 Å². The minimum absolute atomic E-state index is 0.0482. The minimum atomic E-state index is -0.0482. The van der Waals surface area contributed by atoms with Crippen molar-refractivity contribution in [3.05, 3.63) is 22.1 Å². The molecule has 2 rings (SSSR count). The first-order chi connectivity index (χ1) is 6.84. The van der Waals surface area contributed by atoms with E-state index in [0.29, 0.717) is 0 Å². The summed E-state index contributed by atoms with van der Waals surface area (Å²) < 4.78 is 0. The van der Waals surface area contributed by atoms with Gasteiger partial charge in [-0.25, -0.2) is 0 Å². The first-order valence-electron chi connectivity index (χ1n) is 5.04. The lowest BCUT2D eigenvalue weighted by Gasteiger charge is -2.17. The lowest BCUT2D eigenvalue weighted by atomic mass is 10.3. The van der Waals surface area contributed by atoms with Crippen molar-refractivity contribution >= 4 is 0 Å². The fourth-order valence-electron chi connectivity index (χ4n) is 1.76. The smallest absolute Gasteiger partial charge is 0.264 e. The summed E-state index contributed by atoms with van der Waals surface area (Å²) in [5, 5.41) is 8.77. The van der Waals surface area contributed by atoms with E-state index >= 15 is 0 Å². The second kappa shape index (κ2) is 4.43. The van der Waals surface area contributed by atoms with Crippen molar-refractivity contribution < 1.29 is 0 Å². The molecule has 0 aromatic carbocycles. The van der Waals surface area contributed by atoms with E-state index in [1.165, 1.54) is 6.42 Å². The molecule has 0 saturated carbocycles. The molecule has 0 amide bonds. The normalized spacial score (nSPS) is 19.4. The molecule has 1 aromatic heterocycles. The quantitative estimate of drug-likeness (QED) is 0.597. The van der Waals surface area contributed by atoms with E-state index < -0.39 is 0 Å². The molecular formula is C9H16N4O. The number of nitrogens with one attached hydrogen (secondary N) is 3. The predicted octanol–water partition coefficient (Wildman–Crippen LogP) is -0.502. The van der Waals surface area contributed by atoms with Crippen LogP contribution in [0, 0.1) is 0 Å². The Morgan fingerprint density at radius 1 is 1.29 bits per heavy atom. The number of aromatic nitrogens is 2. The van der Waals surface area contributed by atoms with Crippen LogP contribution in [0.15, 0.2) is 10.9 Å². The average Bonchev–Trinajstić information content (AvgIpc) is 2.43. The van der Waals surface area contributed by atoms with Crippen LogP contribution in [0.4, 0.5) is 0 Å². The largest absolute Gasteiger partial charge is 0.315 e. The molecule has 0 aliphatic carbocycles. The fourth-order valence-corrected chi connectivity index (χ4v) is 1.76. The second-order valence-electron chi connectivity index (χ2n) is 3.66. The third-order valence-electron chi connectivity index (χ3n) is 2.48. The van der Waals surface area contributed by atoms with Gasteiger partial charge in [0.15, 0.2) is 0 Å². The van der Waals surface area contributed by atoms with Crippen molar-refractivity contribution in [2.45, 2.75) is 13.0 Å². The van der Waals surface area contributed by atoms with Crippen LogP contribution >= 0.6 is 0 Å². The molecule has 2 heterocycles. The Labute approximate surface area is 82.5 Å². The van der Waals surface area contributed by atoms with Crippen molar-refractivity contribution in [1.29, 1.82) is 0 Å². The van der Waals surface area contributed by atoms with Gasteiger partial charge in [-0.15, -0.1) is 0 Å². The Morgan fingerprint density at radius 3 is 3.00 bits per heavy atom. The molecule has 78 valence electrons. The summed E-state index contributed by atoms with van der Waals surface area (Å²) in [7, 11) is 0. The molecule has 3 N–H and O–H groups in total. The summed E-state index contributed by atoms with van der Waals surface area (Å²) in [6.07, 6.45) is 1.18. The van der Waals surface area contributed by atoms with E-state index in [9.17, 15) is 4.79 Å². The molecule has 1 aromatic rings. The van der Waals surface area contributed by atoms with Gasteiger partial charge in [0.05, 0.1) is 5.69 Å². The Hall–Kier alpha value is -1.07. The fraction of sp³-hybridized carbons (Fsp3) is 0.667. The van der Waals surface area contributed by atoms with Crippen molar-refractivity contribution in [2.75, 3.05) is 26.2 Å². The molecule has 0 atom stereocenters. The zero-order valence-corrected chi connectivity index (χ0v) is 8.18. The summed E-state index contributed by atoms with van der Waals surface area (Å²) >= 11 is 0. The molecule has 1 aliphatic heterocycles. The zero-order valence-electron chi connectivity index (χ0n) is 8.18. The van der Waals surface area contributed by atoms with Crippen LogP contribution in [0.5, 0.6) is 0 Å². The van der Waals surface area contributed by atoms with Crippen LogP contribution in [0.3, 0.4) is 0 Å². The first kappa shape index (κ1) is 9.48. The highest BCUT2D eigenvalue weighted by Crippen LogP contribution is 2.01. The number of H-pyrrole nitrogens is 2. The summed E-state index contributed by atoms with van der Waals surface area (Å²) in [6.45, 7) is 5.11. The standard InChI is InChI=1S/C9H16N4O/c14-9-6-8(11-12-9)7-13-4-1-2-10-3-5-13/h6,10H,1-5,7H2,(H2,11,12,14). The molecule has 0 bridgehead atoms. The third kappa shape index (κ3) is 2.46. The highest BCUT2D eigenvalue weighted by atomic mass is 16.1. The minimum Gasteiger partial charge on any atom is -0.315 e. The van der Waals surface area contributed by atoms with Crippen LogP contribution in [0.25, 0.3) is 0 Å². The molecule has 5 nitrogen and oxygen atoms in total. The van der Waals surface area contributed by atoms with E-state index in [1.807, 2.05) is 0 Å².